The first-order valence-electron chi connectivity index (χ1n) is 7.14. The molecule has 0 saturated carbocycles. The van der Waals surface area contributed by atoms with E-state index in [0.717, 1.165) is 31.9 Å². The maximum atomic E-state index is 5.98. The van der Waals surface area contributed by atoms with Crippen molar-refractivity contribution in [2.24, 2.45) is 0 Å². The summed E-state index contributed by atoms with van der Waals surface area (Å²) in [5, 5.41) is 3.44. The van der Waals surface area contributed by atoms with Gasteiger partial charge < -0.3 is 10.1 Å². The molecule has 1 N–H and O–H groups in total. The zero-order chi connectivity index (χ0) is 12.2. The molecule has 0 amide bonds. The quantitative estimate of drug-likeness (QED) is 0.883. The number of rotatable bonds is 4. The summed E-state index contributed by atoms with van der Waals surface area (Å²) < 4.78 is 5.98. The summed E-state index contributed by atoms with van der Waals surface area (Å²) in [4.78, 5) is 2.49. The third-order valence-corrected chi connectivity index (χ3v) is 3.92. The molecule has 0 atom stereocenters. The number of hydrogen-bond donors (Lipinski definition) is 1. The van der Waals surface area contributed by atoms with Crippen LogP contribution in [-0.4, -0.2) is 37.7 Å². The zero-order valence-corrected chi connectivity index (χ0v) is 11.0. The van der Waals surface area contributed by atoms with Crippen LogP contribution in [0.1, 0.15) is 24.8 Å². The third-order valence-electron chi connectivity index (χ3n) is 3.92. The van der Waals surface area contributed by atoms with Crippen LogP contribution >= 0.6 is 0 Å². The van der Waals surface area contributed by atoms with Gasteiger partial charge in [0.1, 0.15) is 12.4 Å². The highest BCUT2D eigenvalue weighted by Crippen LogP contribution is 2.30. The Morgan fingerprint density at radius 3 is 2.94 bits per heavy atom. The lowest BCUT2D eigenvalue weighted by Crippen LogP contribution is -2.25. The largest absolute Gasteiger partial charge is 0.492 e. The van der Waals surface area contributed by atoms with E-state index in [1.165, 1.54) is 43.6 Å². The van der Waals surface area contributed by atoms with Crippen LogP contribution in [-0.2, 0) is 6.42 Å². The van der Waals surface area contributed by atoms with Crippen molar-refractivity contribution in [3.63, 3.8) is 0 Å². The van der Waals surface area contributed by atoms with E-state index in [1.807, 2.05) is 0 Å². The van der Waals surface area contributed by atoms with Gasteiger partial charge in [0, 0.05) is 24.3 Å². The molecule has 18 heavy (non-hydrogen) atoms. The summed E-state index contributed by atoms with van der Waals surface area (Å²) in [6.45, 7) is 5.47. The Morgan fingerprint density at radius 1 is 1.17 bits per heavy atom. The maximum absolute atomic E-state index is 5.98. The summed E-state index contributed by atoms with van der Waals surface area (Å²) in [6.07, 6.45) is 5.05. The predicted molar refractivity (Wildman–Crippen MR) is 74.4 cm³/mol. The van der Waals surface area contributed by atoms with Gasteiger partial charge >= 0.3 is 0 Å². The molecule has 1 aromatic rings. The van der Waals surface area contributed by atoms with E-state index in [9.17, 15) is 0 Å². The first-order chi connectivity index (χ1) is 8.93. The summed E-state index contributed by atoms with van der Waals surface area (Å²) >= 11 is 0. The van der Waals surface area contributed by atoms with Crippen molar-refractivity contribution in [2.75, 3.05) is 38.1 Å². The van der Waals surface area contributed by atoms with Crippen molar-refractivity contribution in [2.45, 2.75) is 25.7 Å². The fourth-order valence-electron chi connectivity index (χ4n) is 2.90. The Kier molecular flexibility index (Phi) is 3.69. The van der Waals surface area contributed by atoms with Crippen molar-refractivity contribution in [1.29, 1.82) is 0 Å². The SMILES string of the molecule is c1cc2c(c(OCCN3CCCC3)c1)CCCN2. The van der Waals surface area contributed by atoms with Crippen molar-refractivity contribution in [3.05, 3.63) is 23.8 Å². The minimum Gasteiger partial charge on any atom is -0.492 e. The number of anilines is 1. The van der Waals surface area contributed by atoms with Crippen LogP contribution < -0.4 is 10.1 Å². The van der Waals surface area contributed by atoms with Crippen LogP contribution in [0.25, 0.3) is 0 Å². The summed E-state index contributed by atoms with van der Waals surface area (Å²) in [6, 6.07) is 6.35. The van der Waals surface area contributed by atoms with Crippen molar-refractivity contribution in [3.8, 4) is 5.75 Å². The molecule has 2 aliphatic rings. The highest BCUT2D eigenvalue weighted by molar-refractivity contribution is 5.59. The Labute approximate surface area is 109 Å². The molecule has 3 heteroatoms. The van der Waals surface area contributed by atoms with Crippen molar-refractivity contribution in [1.82, 2.24) is 4.90 Å². The first-order valence-corrected chi connectivity index (χ1v) is 7.14. The van der Waals surface area contributed by atoms with E-state index in [1.54, 1.807) is 0 Å². The third kappa shape index (κ3) is 2.61. The number of nitrogens with zero attached hydrogens (tertiary/aromatic N) is 1. The lowest BCUT2D eigenvalue weighted by molar-refractivity contribution is 0.236. The molecule has 3 nitrogen and oxygen atoms in total. The van der Waals surface area contributed by atoms with E-state index in [0.29, 0.717) is 0 Å². The molecular formula is C15H22N2O. The van der Waals surface area contributed by atoms with Crippen molar-refractivity contribution < 1.29 is 4.74 Å². The second-order valence-corrected chi connectivity index (χ2v) is 5.21. The Morgan fingerprint density at radius 2 is 2.06 bits per heavy atom. The minimum atomic E-state index is 0.816. The smallest absolute Gasteiger partial charge is 0.124 e. The first kappa shape index (κ1) is 11.8. The van der Waals surface area contributed by atoms with E-state index >= 15 is 0 Å². The minimum absolute atomic E-state index is 0.816. The Balaban J connectivity index is 1.58. The fraction of sp³-hybridized carbons (Fsp3) is 0.600. The highest BCUT2D eigenvalue weighted by Gasteiger charge is 2.14. The fourth-order valence-corrected chi connectivity index (χ4v) is 2.90. The van der Waals surface area contributed by atoms with Crippen LogP contribution in [0.5, 0.6) is 5.75 Å². The van der Waals surface area contributed by atoms with Gasteiger partial charge in [-0.1, -0.05) is 6.07 Å². The van der Waals surface area contributed by atoms with Gasteiger partial charge in [-0.25, -0.2) is 0 Å². The highest BCUT2D eigenvalue weighted by atomic mass is 16.5. The van der Waals surface area contributed by atoms with Crippen LogP contribution in [0.3, 0.4) is 0 Å². The summed E-state index contributed by atoms with van der Waals surface area (Å²) in [5.41, 5.74) is 2.63. The zero-order valence-electron chi connectivity index (χ0n) is 11.0. The number of benzene rings is 1. The van der Waals surface area contributed by atoms with Crippen LogP contribution in [0.4, 0.5) is 5.69 Å². The second kappa shape index (κ2) is 5.61. The molecule has 98 valence electrons. The average Bonchev–Trinajstić information content (AvgIpc) is 2.92. The summed E-state index contributed by atoms with van der Waals surface area (Å²) in [5.74, 6) is 1.08. The van der Waals surface area contributed by atoms with Gasteiger partial charge in [-0.05, 0) is 50.9 Å². The second-order valence-electron chi connectivity index (χ2n) is 5.21. The molecule has 2 aliphatic heterocycles. The number of hydrogen-bond acceptors (Lipinski definition) is 3. The number of fused-ring (bicyclic) bond motifs is 1. The van der Waals surface area contributed by atoms with Gasteiger partial charge in [0.05, 0.1) is 0 Å². The maximum Gasteiger partial charge on any atom is 0.124 e. The van der Waals surface area contributed by atoms with E-state index < -0.39 is 0 Å². The molecule has 1 saturated heterocycles. The topological polar surface area (TPSA) is 24.5 Å². The van der Waals surface area contributed by atoms with E-state index in [4.69, 9.17) is 4.74 Å². The molecule has 3 rings (SSSR count). The monoisotopic (exact) mass is 246 g/mol. The molecule has 2 heterocycles. The predicted octanol–water partition coefficient (Wildman–Crippen LogP) is 2.52. The lowest BCUT2D eigenvalue weighted by atomic mass is 10.0. The number of nitrogens with one attached hydrogen (secondary N) is 1. The normalized spacial score (nSPS) is 19.3. The lowest BCUT2D eigenvalue weighted by Gasteiger charge is -2.22. The van der Waals surface area contributed by atoms with Gasteiger partial charge in [0.2, 0.25) is 0 Å². The van der Waals surface area contributed by atoms with E-state index in [2.05, 4.69) is 28.4 Å². The molecule has 0 aromatic heterocycles. The number of ether oxygens (including phenoxy) is 1. The molecule has 0 unspecified atom stereocenters. The van der Waals surface area contributed by atoms with E-state index in [-0.39, 0.29) is 0 Å². The standard InChI is InChI=1S/C15H22N2O/c1-2-10-17(9-1)11-12-18-15-7-3-6-14-13(15)5-4-8-16-14/h3,6-7,16H,1-2,4-5,8-12H2. The van der Waals surface area contributed by atoms with Gasteiger partial charge in [0.25, 0.3) is 0 Å². The molecule has 0 bridgehead atoms. The molecule has 0 spiro atoms. The Bertz CT molecular complexity index is 399. The van der Waals surface area contributed by atoms with Crippen LogP contribution in [0.2, 0.25) is 0 Å². The number of likely N-dealkylation sites (tertiary alicyclic amines) is 1. The van der Waals surface area contributed by atoms with Gasteiger partial charge in [0.15, 0.2) is 0 Å². The molecular weight excluding hydrogens is 224 g/mol. The molecule has 1 aromatic carbocycles. The Hall–Kier alpha value is -1.22. The summed E-state index contributed by atoms with van der Waals surface area (Å²) in [7, 11) is 0. The van der Waals surface area contributed by atoms with Gasteiger partial charge in [-0.15, -0.1) is 0 Å². The van der Waals surface area contributed by atoms with Crippen LogP contribution in [0.15, 0.2) is 18.2 Å². The van der Waals surface area contributed by atoms with Crippen LogP contribution in [0, 0.1) is 0 Å². The molecule has 1 fully saturated rings. The molecule has 0 aliphatic carbocycles. The van der Waals surface area contributed by atoms with Gasteiger partial charge in [-0.3, -0.25) is 4.90 Å². The molecule has 0 radical (unpaired) electrons. The van der Waals surface area contributed by atoms with Gasteiger partial charge in [-0.2, -0.15) is 0 Å². The van der Waals surface area contributed by atoms with Crippen molar-refractivity contribution >= 4 is 5.69 Å². The average molecular weight is 246 g/mol.